The SMILES string of the molecule is [2H]C1(c2ccc3c(ccc4c5c[n+](C)c(-c6ccccc6C)cc5n(C)c34)c2)CCCCC1. The second kappa shape index (κ2) is 7.48. The predicted octanol–water partition coefficient (Wildman–Crippen LogP) is 7.33. The van der Waals surface area contributed by atoms with Crippen LogP contribution in [0.3, 0.4) is 0 Å². The Kier molecular flexibility index (Phi) is 4.31. The topological polar surface area (TPSA) is 8.81 Å². The predicted molar refractivity (Wildman–Crippen MR) is 135 cm³/mol. The Morgan fingerprint density at radius 1 is 0.906 bits per heavy atom. The zero-order valence-electron chi connectivity index (χ0n) is 20.3. The number of nitrogens with zero attached hydrogens (tertiary/aromatic N) is 2. The average Bonchev–Trinajstić information content (AvgIpc) is 3.10. The Hall–Kier alpha value is -3.13. The van der Waals surface area contributed by atoms with Gasteiger partial charge in [-0.05, 0) is 48.2 Å². The highest BCUT2D eigenvalue weighted by molar-refractivity contribution is 6.17. The summed E-state index contributed by atoms with van der Waals surface area (Å²) in [5, 5.41) is 5.08. The Bertz CT molecular complexity index is 1540. The van der Waals surface area contributed by atoms with E-state index >= 15 is 0 Å². The first-order chi connectivity index (χ1) is 16.0. The first-order valence-corrected chi connectivity index (χ1v) is 11.9. The van der Waals surface area contributed by atoms with Gasteiger partial charge < -0.3 is 4.57 Å². The van der Waals surface area contributed by atoms with Crippen LogP contribution in [0.15, 0.2) is 66.9 Å². The highest BCUT2D eigenvalue weighted by atomic mass is 15.0. The van der Waals surface area contributed by atoms with Crippen molar-refractivity contribution in [3.8, 4) is 11.3 Å². The van der Waals surface area contributed by atoms with Gasteiger partial charge in [-0.2, -0.15) is 0 Å². The molecule has 0 spiro atoms. The molecule has 0 amide bonds. The van der Waals surface area contributed by atoms with Gasteiger partial charge in [-0.1, -0.05) is 67.8 Å². The number of benzene rings is 3. The van der Waals surface area contributed by atoms with E-state index in [-0.39, 0.29) is 0 Å². The van der Waals surface area contributed by atoms with Gasteiger partial charge in [-0.3, -0.25) is 0 Å². The van der Waals surface area contributed by atoms with Crippen LogP contribution in [0, 0.1) is 6.92 Å². The smallest absolute Gasteiger partial charge is 0.214 e. The van der Waals surface area contributed by atoms with Crippen LogP contribution in [-0.2, 0) is 14.1 Å². The number of aromatic nitrogens is 2. The number of aryl methyl sites for hydroxylation is 3. The molecule has 0 N–H and O–H groups in total. The summed E-state index contributed by atoms with van der Waals surface area (Å²) in [6.07, 6.45) is 7.85. The standard InChI is InChI=1S/C30H31N2/c1-20-9-7-8-12-24(20)28-18-29-27(19-31(28)2)26-16-14-23-17-22(21-10-5-4-6-11-21)13-15-25(23)30(26)32(29)3/h7-9,12-19,21H,4-6,10-11H2,1-3H3/q+1/i21D. The van der Waals surface area contributed by atoms with E-state index in [9.17, 15) is 0 Å². The van der Waals surface area contributed by atoms with Crippen LogP contribution in [-0.4, -0.2) is 4.57 Å². The van der Waals surface area contributed by atoms with Gasteiger partial charge in [0.15, 0.2) is 6.20 Å². The van der Waals surface area contributed by atoms with E-state index in [0.717, 1.165) is 12.8 Å². The van der Waals surface area contributed by atoms with Crippen LogP contribution in [0.2, 0.25) is 0 Å². The Morgan fingerprint density at radius 2 is 1.69 bits per heavy atom. The average molecular weight is 421 g/mol. The Labute approximate surface area is 191 Å². The van der Waals surface area contributed by atoms with E-state index < -0.39 is 5.89 Å². The lowest BCUT2D eigenvalue weighted by atomic mass is 9.83. The van der Waals surface area contributed by atoms with Crippen molar-refractivity contribution in [1.29, 1.82) is 0 Å². The Balaban J connectivity index is 1.58. The summed E-state index contributed by atoms with van der Waals surface area (Å²) >= 11 is 0. The number of hydrogen-bond acceptors (Lipinski definition) is 0. The van der Waals surface area contributed by atoms with E-state index in [1.807, 2.05) is 0 Å². The van der Waals surface area contributed by atoms with Gasteiger partial charge >= 0.3 is 0 Å². The fraction of sp³-hybridized carbons (Fsp3) is 0.300. The van der Waals surface area contributed by atoms with Crippen LogP contribution < -0.4 is 4.57 Å². The highest BCUT2D eigenvalue weighted by Gasteiger charge is 2.20. The number of fused-ring (bicyclic) bond motifs is 5. The van der Waals surface area contributed by atoms with Gasteiger partial charge in [0.2, 0.25) is 5.69 Å². The summed E-state index contributed by atoms with van der Waals surface area (Å²) in [6.45, 7) is 2.18. The molecule has 0 unspecified atom stereocenters. The summed E-state index contributed by atoms with van der Waals surface area (Å²) in [5.74, 6) is -0.420. The maximum absolute atomic E-state index is 9.07. The molecule has 2 heterocycles. The van der Waals surface area contributed by atoms with Crippen molar-refractivity contribution in [2.75, 3.05) is 0 Å². The van der Waals surface area contributed by atoms with Crippen molar-refractivity contribution in [3.63, 3.8) is 0 Å². The third kappa shape index (κ3) is 2.97. The second-order valence-electron chi connectivity index (χ2n) is 9.50. The highest BCUT2D eigenvalue weighted by Crippen LogP contribution is 2.38. The lowest BCUT2D eigenvalue weighted by Crippen LogP contribution is -2.30. The van der Waals surface area contributed by atoms with Crippen LogP contribution in [0.1, 0.15) is 50.5 Å². The minimum atomic E-state index is -0.420. The van der Waals surface area contributed by atoms with Crippen molar-refractivity contribution in [3.05, 3.63) is 78.0 Å². The van der Waals surface area contributed by atoms with Crippen molar-refractivity contribution >= 4 is 32.6 Å². The molecule has 1 fully saturated rings. The fourth-order valence-electron chi connectivity index (χ4n) is 5.75. The quantitative estimate of drug-likeness (QED) is 0.264. The molecule has 6 rings (SSSR count). The second-order valence-corrected chi connectivity index (χ2v) is 9.50. The summed E-state index contributed by atoms with van der Waals surface area (Å²) in [5.41, 5.74) is 7.50. The van der Waals surface area contributed by atoms with Crippen molar-refractivity contribution in [1.82, 2.24) is 4.57 Å². The minimum absolute atomic E-state index is 0.420. The van der Waals surface area contributed by atoms with Crippen molar-refractivity contribution < 1.29 is 5.94 Å². The third-order valence-corrected chi connectivity index (χ3v) is 7.52. The fourth-order valence-corrected chi connectivity index (χ4v) is 5.75. The van der Waals surface area contributed by atoms with Crippen LogP contribution in [0.4, 0.5) is 0 Å². The van der Waals surface area contributed by atoms with E-state index in [1.165, 1.54) is 74.2 Å². The molecule has 160 valence electrons. The van der Waals surface area contributed by atoms with Crippen LogP contribution >= 0.6 is 0 Å². The first-order valence-electron chi connectivity index (χ1n) is 12.4. The lowest BCUT2D eigenvalue weighted by Gasteiger charge is -2.22. The van der Waals surface area contributed by atoms with Gasteiger partial charge in [0.05, 0.1) is 16.4 Å². The molecule has 0 radical (unpaired) electrons. The van der Waals surface area contributed by atoms with Gasteiger partial charge in [0.1, 0.15) is 7.05 Å². The summed E-state index contributed by atoms with van der Waals surface area (Å²) in [6, 6.07) is 22.2. The van der Waals surface area contributed by atoms with Gasteiger partial charge in [0, 0.05) is 30.8 Å². The monoisotopic (exact) mass is 420 g/mol. The van der Waals surface area contributed by atoms with Gasteiger partial charge in [-0.15, -0.1) is 0 Å². The molecule has 2 nitrogen and oxygen atoms in total. The molecule has 1 saturated carbocycles. The molecular formula is C30H31N2+. The number of hydrogen-bond donors (Lipinski definition) is 0. The molecular weight excluding hydrogens is 388 g/mol. The minimum Gasteiger partial charge on any atom is -0.343 e. The first kappa shape index (κ1) is 18.4. The molecule has 0 aliphatic heterocycles. The molecule has 2 heteroatoms. The van der Waals surface area contributed by atoms with Crippen molar-refractivity contribution in [2.24, 2.45) is 14.1 Å². The number of rotatable bonds is 2. The normalized spacial score (nSPS) is 16.7. The summed E-state index contributed by atoms with van der Waals surface area (Å²) < 4.78 is 13.7. The molecule has 0 atom stereocenters. The summed E-state index contributed by atoms with van der Waals surface area (Å²) in [7, 11) is 4.33. The van der Waals surface area contributed by atoms with Crippen LogP contribution in [0.5, 0.6) is 0 Å². The third-order valence-electron chi connectivity index (χ3n) is 7.52. The zero-order chi connectivity index (χ0) is 22.7. The van der Waals surface area contributed by atoms with Crippen LogP contribution in [0.25, 0.3) is 43.8 Å². The molecule has 0 bridgehead atoms. The molecule has 3 aromatic carbocycles. The van der Waals surface area contributed by atoms with E-state index in [0.29, 0.717) is 0 Å². The molecule has 0 saturated heterocycles. The van der Waals surface area contributed by atoms with Crippen molar-refractivity contribution in [2.45, 2.75) is 44.9 Å². The lowest BCUT2D eigenvalue weighted by molar-refractivity contribution is -0.659. The molecule has 5 aromatic rings. The van der Waals surface area contributed by atoms with E-state index in [4.69, 9.17) is 1.37 Å². The molecule has 32 heavy (non-hydrogen) atoms. The molecule has 1 aliphatic carbocycles. The number of pyridine rings is 1. The van der Waals surface area contributed by atoms with E-state index in [1.54, 1.807) is 0 Å². The summed E-state index contributed by atoms with van der Waals surface area (Å²) in [4.78, 5) is 0. The largest absolute Gasteiger partial charge is 0.343 e. The zero-order valence-corrected chi connectivity index (χ0v) is 19.3. The van der Waals surface area contributed by atoms with E-state index in [2.05, 4.69) is 97.0 Å². The Morgan fingerprint density at radius 3 is 2.50 bits per heavy atom. The van der Waals surface area contributed by atoms with Gasteiger partial charge in [-0.25, -0.2) is 4.57 Å². The molecule has 2 aromatic heterocycles. The van der Waals surface area contributed by atoms with Gasteiger partial charge in [0.25, 0.3) is 0 Å². The maximum atomic E-state index is 9.07. The molecule has 1 aliphatic rings. The maximum Gasteiger partial charge on any atom is 0.214 e.